The Hall–Kier alpha value is -4.52. The Kier molecular flexibility index (Phi) is 7.04. The summed E-state index contributed by atoms with van der Waals surface area (Å²) in [6.07, 6.45) is 7.90. The van der Waals surface area contributed by atoms with Gasteiger partial charge in [-0.05, 0) is 64.9 Å². The molecule has 0 unspecified atom stereocenters. The van der Waals surface area contributed by atoms with Crippen LogP contribution in [0.15, 0.2) is 97.1 Å². The Morgan fingerprint density at radius 1 is 0.974 bits per heavy atom. The van der Waals surface area contributed by atoms with Crippen molar-refractivity contribution in [1.29, 1.82) is 0 Å². The second-order valence-electron chi connectivity index (χ2n) is 9.46. The molecule has 5 nitrogen and oxygen atoms in total. The van der Waals surface area contributed by atoms with E-state index in [9.17, 15) is 0 Å². The average molecular weight is 528 g/mol. The molecule has 0 aliphatic rings. The highest BCUT2D eigenvalue weighted by molar-refractivity contribution is 7.13. The van der Waals surface area contributed by atoms with Crippen molar-refractivity contribution < 1.29 is 0 Å². The number of hydrogen-bond acceptors (Lipinski definition) is 4. The first-order chi connectivity index (χ1) is 19.2. The van der Waals surface area contributed by atoms with Crippen molar-refractivity contribution in [1.82, 2.24) is 25.5 Å². The molecular formula is C33H29N5S. The molecule has 0 amide bonds. The van der Waals surface area contributed by atoms with E-state index in [2.05, 4.69) is 105 Å². The Morgan fingerprint density at radius 3 is 2.67 bits per heavy atom. The average Bonchev–Trinajstić information content (AvgIpc) is 3.73. The molecule has 6 rings (SSSR count). The van der Waals surface area contributed by atoms with Gasteiger partial charge in [0, 0.05) is 52.0 Å². The van der Waals surface area contributed by atoms with Crippen LogP contribution in [0.3, 0.4) is 0 Å². The third-order valence-corrected chi connectivity index (χ3v) is 7.72. The molecule has 192 valence electrons. The maximum atomic E-state index is 4.70. The predicted octanol–water partition coefficient (Wildman–Crippen LogP) is 6.27. The molecule has 6 heteroatoms. The SMILES string of the molecule is C=C(/C=c1/c(-c2cc3c(-c4cccs4)cccc3[nH]2)n[nH]/c1=C/C)c1cncc(CNCc2ccccc2)c1. The highest BCUT2D eigenvalue weighted by Crippen LogP contribution is 2.33. The fourth-order valence-electron chi connectivity index (χ4n) is 4.83. The number of nitrogens with zero attached hydrogens (tertiary/aromatic N) is 2. The fourth-order valence-corrected chi connectivity index (χ4v) is 5.60. The Morgan fingerprint density at radius 2 is 1.85 bits per heavy atom. The van der Waals surface area contributed by atoms with Gasteiger partial charge in [0.15, 0.2) is 0 Å². The molecule has 0 bridgehead atoms. The number of allylic oxidation sites excluding steroid dienone is 1. The number of thiophene rings is 1. The van der Waals surface area contributed by atoms with Gasteiger partial charge in [-0.25, -0.2) is 0 Å². The normalized spacial score (nSPS) is 12.4. The Bertz CT molecular complexity index is 1860. The summed E-state index contributed by atoms with van der Waals surface area (Å²) in [5.41, 5.74) is 8.39. The summed E-state index contributed by atoms with van der Waals surface area (Å²) in [6.45, 7) is 7.94. The Labute approximate surface area is 231 Å². The standard InChI is InChI=1S/C33H29N5S/c1-3-29-28(15-22(2)25-16-24(20-35-21-25)19-34-18-23-9-5-4-6-10-23)33(38-37-29)31-17-27-26(32-13-8-14-39-32)11-7-12-30(27)36-31/h3-17,20-21,34,36-37H,2,18-19H2,1H3/b28-15+,29-3+. The van der Waals surface area contributed by atoms with Crippen LogP contribution in [0.25, 0.3) is 50.5 Å². The minimum atomic E-state index is 0.732. The second kappa shape index (κ2) is 11.1. The van der Waals surface area contributed by atoms with Crippen molar-refractivity contribution in [3.8, 4) is 21.8 Å². The number of hydrogen-bond donors (Lipinski definition) is 3. The quantitative estimate of drug-likeness (QED) is 0.219. The molecule has 4 heterocycles. The van der Waals surface area contributed by atoms with Crippen molar-refractivity contribution in [3.05, 3.63) is 124 Å². The van der Waals surface area contributed by atoms with Crippen LogP contribution in [0.2, 0.25) is 0 Å². The first-order valence-corrected chi connectivity index (χ1v) is 13.8. The molecule has 0 spiro atoms. The van der Waals surface area contributed by atoms with E-state index >= 15 is 0 Å². The van der Waals surface area contributed by atoms with Gasteiger partial charge >= 0.3 is 0 Å². The lowest BCUT2D eigenvalue weighted by Crippen LogP contribution is -2.23. The summed E-state index contributed by atoms with van der Waals surface area (Å²) in [6, 6.07) is 25.4. The van der Waals surface area contributed by atoms with Crippen molar-refractivity contribution >= 4 is 40.0 Å². The van der Waals surface area contributed by atoms with E-state index in [1.54, 1.807) is 11.3 Å². The fraction of sp³-hybridized carbons (Fsp3) is 0.0909. The minimum Gasteiger partial charge on any atom is -0.353 e. The molecule has 0 radical (unpaired) electrons. The van der Waals surface area contributed by atoms with Gasteiger partial charge in [0.25, 0.3) is 0 Å². The van der Waals surface area contributed by atoms with Crippen LogP contribution in [-0.2, 0) is 13.1 Å². The molecule has 3 N–H and O–H groups in total. The molecule has 0 saturated carbocycles. The maximum Gasteiger partial charge on any atom is 0.116 e. The van der Waals surface area contributed by atoms with Gasteiger partial charge in [0.05, 0.1) is 11.0 Å². The number of H-pyrrole nitrogens is 2. The molecule has 6 aromatic rings. The van der Waals surface area contributed by atoms with E-state index in [0.29, 0.717) is 0 Å². The van der Waals surface area contributed by atoms with Gasteiger partial charge in [0.2, 0.25) is 0 Å². The zero-order chi connectivity index (χ0) is 26.6. The summed E-state index contributed by atoms with van der Waals surface area (Å²) in [5, 5.41) is 16.6. The first kappa shape index (κ1) is 24.8. The van der Waals surface area contributed by atoms with Gasteiger partial charge in [0.1, 0.15) is 5.69 Å². The summed E-state index contributed by atoms with van der Waals surface area (Å²) in [7, 11) is 0. The highest BCUT2D eigenvalue weighted by atomic mass is 32.1. The summed E-state index contributed by atoms with van der Waals surface area (Å²) >= 11 is 1.75. The lowest BCUT2D eigenvalue weighted by Gasteiger charge is -2.07. The van der Waals surface area contributed by atoms with E-state index in [1.807, 2.05) is 31.5 Å². The number of rotatable bonds is 8. The maximum absolute atomic E-state index is 4.70. The molecule has 0 fully saturated rings. The summed E-state index contributed by atoms with van der Waals surface area (Å²) < 4.78 is 0. The van der Waals surface area contributed by atoms with Gasteiger partial charge in [-0.1, -0.05) is 61.2 Å². The third-order valence-electron chi connectivity index (χ3n) is 6.81. The molecule has 0 saturated heterocycles. The molecule has 0 atom stereocenters. The number of nitrogens with one attached hydrogen (secondary N) is 3. The van der Waals surface area contributed by atoms with E-state index in [-0.39, 0.29) is 0 Å². The first-order valence-electron chi connectivity index (χ1n) is 13.0. The van der Waals surface area contributed by atoms with Gasteiger partial charge < -0.3 is 10.3 Å². The van der Waals surface area contributed by atoms with Crippen LogP contribution >= 0.6 is 11.3 Å². The molecule has 2 aromatic carbocycles. The summed E-state index contributed by atoms with van der Waals surface area (Å²) in [5.74, 6) is 0. The molecule has 0 aliphatic heterocycles. The molecule has 0 aliphatic carbocycles. The largest absolute Gasteiger partial charge is 0.353 e. The molecule has 39 heavy (non-hydrogen) atoms. The van der Waals surface area contributed by atoms with Crippen LogP contribution in [0.4, 0.5) is 0 Å². The molecular weight excluding hydrogens is 498 g/mol. The topological polar surface area (TPSA) is 69.4 Å². The number of aromatic amines is 2. The number of fused-ring (bicyclic) bond motifs is 1. The lowest BCUT2D eigenvalue weighted by atomic mass is 10.1. The molecule has 4 aromatic heterocycles. The number of pyridine rings is 1. The van der Waals surface area contributed by atoms with Crippen LogP contribution in [-0.4, -0.2) is 20.2 Å². The van der Waals surface area contributed by atoms with Crippen LogP contribution in [0, 0.1) is 0 Å². The summed E-state index contributed by atoms with van der Waals surface area (Å²) in [4.78, 5) is 9.33. The van der Waals surface area contributed by atoms with Gasteiger partial charge in [-0.15, -0.1) is 11.3 Å². The van der Waals surface area contributed by atoms with E-state index in [0.717, 1.165) is 57.3 Å². The zero-order valence-electron chi connectivity index (χ0n) is 21.7. The number of benzene rings is 2. The second-order valence-corrected chi connectivity index (χ2v) is 10.4. The smallest absolute Gasteiger partial charge is 0.116 e. The highest BCUT2D eigenvalue weighted by Gasteiger charge is 2.13. The van der Waals surface area contributed by atoms with Crippen molar-refractivity contribution in [3.63, 3.8) is 0 Å². The van der Waals surface area contributed by atoms with Crippen LogP contribution in [0.5, 0.6) is 0 Å². The van der Waals surface area contributed by atoms with Crippen LogP contribution in [0.1, 0.15) is 23.6 Å². The van der Waals surface area contributed by atoms with Crippen molar-refractivity contribution in [2.45, 2.75) is 20.0 Å². The number of aromatic nitrogens is 4. The Balaban J connectivity index is 1.31. The minimum absolute atomic E-state index is 0.732. The van der Waals surface area contributed by atoms with Crippen molar-refractivity contribution in [2.24, 2.45) is 0 Å². The van der Waals surface area contributed by atoms with Crippen LogP contribution < -0.4 is 15.9 Å². The van der Waals surface area contributed by atoms with Gasteiger partial charge in [-0.2, -0.15) is 5.10 Å². The monoisotopic (exact) mass is 527 g/mol. The van der Waals surface area contributed by atoms with Crippen molar-refractivity contribution in [2.75, 3.05) is 0 Å². The third kappa shape index (κ3) is 5.25. The van der Waals surface area contributed by atoms with Gasteiger partial charge in [-0.3, -0.25) is 10.1 Å². The van der Waals surface area contributed by atoms with E-state index in [1.165, 1.54) is 21.4 Å². The lowest BCUT2D eigenvalue weighted by molar-refractivity contribution is 0.691. The zero-order valence-corrected chi connectivity index (χ0v) is 22.6. The van der Waals surface area contributed by atoms with E-state index in [4.69, 9.17) is 5.10 Å². The van der Waals surface area contributed by atoms with E-state index < -0.39 is 0 Å². The predicted molar refractivity (Wildman–Crippen MR) is 163 cm³/mol.